The van der Waals surface area contributed by atoms with E-state index in [1.165, 1.54) is 0 Å². The van der Waals surface area contributed by atoms with E-state index in [9.17, 15) is 14.7 Å². The summed E-state index contributed by atoms with van der Waals surface area (Å²) in [4.78, 5) is 31.5. The lowest BCUT2D eigenvalue weighted by molar-refractivity contribution is -0.116. The quantitative estimate of drug-likeness (QED) is 0.560. The molecule has 146 valence electrons. The van der Waals surface area contributed by atoms with Crippen LogP contribution in [0.25, 0.3) is 11.6 Å². The number of anilines is 1. The van der Waals surface area contributed by atoms with Gasteiger partial charge in [-0.2, -0.15) is 0 Å². The molecular weight excluding hydrogens is 436 g/mol. The Hall–Kier alpha value is -3.39. The SMILES string of the molecule is Cc1ccc(NC(=O)Cn2c(O)c(/C=C3\C=Nc4ccc(Br)cc43)[nH]c2=O)cc1. The summed E-state index contributed by atoms with van der Waals surface area (Å²) < 4.78 is 1.89. The number of amides is 1. The second-order valence-electron chi connectivity index (χ2n) is 6.69. The predicted molar refractivity (Wildman–Crippen MR) is 117 cm³/mol. The van der Waals surface area contributed by atoms with Crippen LogP contribution in [0.1, 0.15) is 16.8 Å². The lowest BCUT2D eigenvalue weighted by atomic mass is 10.1. The van der Waals surface area contributed by atoms with Gasteiger partial charge in [0.2, 0.25) is 11.8 Å². The van der Waals surface area contributed by atoms with Crippen molar-refractivity contribution in [2.24, 2.45) is 4.99 Å². The van der Waals surface area contributed by atoms with E-state index >= 15 is 0 Å². The number of imidazole rings is 1. The minimum Gasteiger partial charge on any atom is -0.493 e. The highest BCUT2D eigenvalue weighted by Gasteiger charge is 2.18. The van der Waals surface area contributed by atoms with E-state index in [1.807, 2.05) is 37.3 Å². The van der Waals surface area contributed by atoms with Gasteiger partial charge in [-0.1, -0.05) is 33.6 Å². The van der Waals surface area contributed by atoms with Gasteiger partial charge >= 0.3 is 5.69 Å². The van der Waals surface area contributed by atoms with Crippen molar-refractivity contribution in [3.05, 3.63) is 74.2 Å². The van der Waals surface area contributed by atoms with Gasteiger partial charge in [-0.05, 0) is 43.3 Å². The fraction of sp³-hybridized carbons (Fsp3) is 0.0952. The fourth-order valence-electron chi connectivity index (χ4n) is 3.04. The maximum Gasteiger partial charge on any atom is 0.329 e. The minimum absolute atomic E-state index is 0.215. The smallest absolute Gasteiger partial charge is 0.329 e. The molecule has 0 fully saturated rings. The van der Waals surface area contributed by atoms with Crippen molar-refractivity contribution in [1.29, 1.82) is 0 Å². The third-order valence-electron chi connectivity index (χ3n) is 4.53. The molecule has 2 aromatic carbocycles. The molecule has 0 radical (unpaired) electrons. The minimum atomic E-state index is -0.571. The van der Waals surface area contributed by atoms with Crippen LogP contribution in [0, 0.1) is 6.92 Å². The van der Waals surface area contributed by atoms with E-state index in [-0.39, 0.29) is 18.1 Å². The first-order valence-electron chi connectivity index (χ1n) is 8.85. The monoisotopic (exact) mass is 452 g/mol. The van der Waals surface area contributed by atoms with Crippen LogP contribution in [0.2, 0.25) is 0 Å². The zero-order valence-electron chi connectivity index (χ0n) is 15.4. The second kappa shape index (κ2) is 7.56. The van der Waals surface area contributed by atoms with E-state index in [1.54, 1.807) is 24.4 Å². The zero-order chi connectivity index (χ0) is 20.5. The van der Waals surface area contributed by atoms with E-state index in [2.05, 4.69) is 31.2 Å². The lowest BCUT2D eigenvalue weighted by Crippen LogP contribution is -2.25. The Morgan fingerprint density at radius 1 is 1.28 bits per heavy atom. The highest BCUT2D eigenvalue weighted by Crippen LogP contribution is 2.35. The summed E-state index contributed by atoms with van der Waals surface area (Å²) >= 11 is 3.43. The third-order valence-corrected chi connectivity index (χ3v) is 5.03. The molecule has 4 rings (SSSR count). The van der Waals surface area contributed by atoms with Gasteiger partial charge in [0.05, 0.1) is 5.69 Å². The molecule has 29 heavy (non-hydrogen) atoms. The number of aryl methyl sites for hydroxylation is 1. The van der Waals surface area contributed by atoms with E-state index in [0.29, 0.717) is 5.69 Å². The summed E-state index contributed by atoms with van der Waals surface area (Å²) in [6.07, 6.45) is 3.29. The van der Waals surface area contributed by atoms with Gasteiger partial charge in [-0.15, -0.1) is 0 Å². The zero-order valence-corrected chi connectivity index (χ0v) is 17.0. The van der Waals surface area contributed by atoms with Crippen molar-refractivity contribution in [1.82, 2.24) is 9.55 Å². The molecule has 1 aliphatic heterocycles. The first kappa shape index (κ1) is 18.9. The molecule has 1 aliphatic rings. The van der Waals surface area contributed by atoms with Crippen LogP contribution in [0.3, 0.4) is 0 Å². The number of hydrogen-bond acceptors (Lipinski definition) is 4. The number of aromatic amines is 1. The highest BCUT2D eigenvalue weighted by molar-refractivity contribution is 9.10. The average molecular weight is 453 g/mol. The molecule has 1 aromatic heterocycles. The van der Waals surface area contributed by atoms with Gasteiger partial charge in [-0.3, -0.25) is 14.4 Å². The molecule has 0 saturated carbocycles. The topological polar surface area (TPSA) is 99.5 Å². The van der Waals surface area contributed by atoms with Crippen LogP contribution in [0.5, 0.6) is 5.88 Å². The molecule has 0 aliphatic carbocycles. The molecule has 3 N–H and O–H groups in total. The van der Waals surface area contributed by atoms with Crippen LogP contribution in [0.4, 0.5) is 11.4 Å². The first-order valence-corrected chi connectivity index (χ1v) is 9.64. The Kier molecular flexibility index (Phi) is 4.94. The normalized spacial score (nSPS) is 13.7. The largest absolute Gasteiger partial charge is 0.493 e. The number of aromatic nitrogens is 2. The maximum atomic E-state index is 12.3. The number of rotatable bonds is 4. The van der Waals surface area contributed by atoms with Crippen molar-refractivity contribution < 1.29 is 9.90 Å². The third kappa shape index (κ3) is 3.93. The predicted octanol–water partition coefficient (Wildman–Crippen LogP) is 3.85. The highest BCUT2D eigenvalue weighted by atomic mass is 79.9. The molecule has 7 nitrogen and oxygen atoms in total. The second-order valence-corrected chi connectivity index (χ2v) is 7.60. The summed E-state index contributed by atoms with van der Waals surface area (Å²) in [5.41, 5.74) is 3.77. The van der Waals surface area contributed by atoms with Gasteiger partial charge in [0.1, 0.15) is 12.2 Å². The number of fused-ring (bicyclic) bond motifs is 1. The standard InChI is InChI=1S/C21H17BrN4O3/c1-12-2-5-15(6-3-12)24-19(27)11-26-20(28)18(25-21(26)29)8-13-10-23-17-7-4-14(22)9-16(13)17/h2-10,28H,11H2,1H3,(H,24,27)(H,25,29)/b13-8+. The average Bonchev–Trinajstić information content (AvgIpc) is 3.19. The van der Waals surface area contributed by atoms with Gasteiger partial charge in [-0.25, -0.2) is 4.79 Å². The number of nitrogens with one attached hydrogen (secondary N) is 2. The van der Waals surface area contributed by atoms with Crippen LogP contribution >= 0.6 is 15.9 Å². The Bertz CT molecular complexity index is 1220. The lowest BCUT2D eigenvalue weighted by Gasteiger charge is -2.06. The Morgan fingerprint density at radius 3 is 2.79 bits per heavy atom. The number of halogens is 1. The van der Waals surface area contributed by atoms with Gasteiger partial charge < -0.3 is 15.4 Å². The molecular formula is C21H17BrN4O3. The van der Waals surface area contributed by atoms with Crippen molar-refractivity contribution in [3.8, 4) is 5.88 Å². The Morgan fingerprint density at radius 2 is 2.03 bits per heavy atom. The summed E-state index contributed by atoms with van der Waals surface area (Å²) in [6, 6.07) is 13.0. The van der Waals surface area contributed by atoms with Crippen molar-refractivity contribution >= 4 is 51.1 Å². The maximum absolute atomic E-state index is 12.3. The number of H-pyrrole nitrogens is 1. The van der Waals surface area contributed by atoms with Gasteiger partial charge in [0.25, 0.3) is 0 Å². The number of benzene rings is 2. The molecule has 2 heterocycles. The Balaban J connectivity index is 1.57. The number of hydrogen-bond donors (Lipinski definition) is 3. The van der Waals surface area contributed by atoms with Crippen molar-refractivity contribution in [2.75, 3.05) is 5.32 Å². The van der Waals surface area contributed by atoms with Crippen molar-refractivity contribution in [3.63, 3.8) is 0 Å². The van der Waals surface area contributed by atoms with Crippen LogP contribution in [0.15, 0.2) is 56.7 Å². The molecule has 0 saturated heterocycles. The van der Waals surface area contributed by atoms with E-state index < -0.39 is 11.6 Å². The Labute approximate surface area is 174 Å². The van der Waals surface area contributed by atoms with Crippen LogP contribution in [-0.4, -0.2) is 26.8 Å². The van der Waals surface area contributed by atoms with E-state index in [4.69, 9.17) is 0 Å². The number of carbonyl (C=O) groups is 1. The van der Waals surface area contributed by atoms with Crippen LogP contribution in [-0.2, 0) is 11.3 Å². The number of nitrogens with zero attached hydrogens (tertiary/aromatic N) is 2. The summed E-state index contributed by atoms with van der Waals surface area (Å²) in [7, 11) is 0. The number of aliphatic imine (C=N–C) groups is 1. The molecule has 0 atom stereocenters. The summed E-state index contributed by atoms with van der Waals surface area (Å²) in [5, 5.41) is 13.2. The molecule has 3 aromatic rings. The van der Waals surface area contributed by atoms with Gasteiger partial charge in [0, 0.05) is 27.5 Å². The molecule has 0 unspecified atom stereocenters. The number of carbonyl (C=O) groups excluding carboxylic acids is 1. The molecule has 0 bridgehead atoms. The fourth-order valence-corrected chi connectivity index (χ4v) is 3.40. The van der Waals surface area contributed by atoms with Gasteiger partial charge in [0.15, 0.2) is 0 Å². The number of allylic oxidation sites excluding steroid dienone is 1. The molecule has 1 amide bonds. The van der Waals surface area contributed by atoms with Crippen LogP contribution < -0.4 is 11.0 Å². The number of aromatic hydroxyl groups is 1. The summed E-state index contributed by atoms with van der Waals surface area (Å²) in [6.45, 7) is 1.64. The first-order chi connectivity index (χ1) is 13.9. The van der Waals surface area contributed by atoms with Crippen molar-refractivity contribution in [2.45, 2.75) is 13.5 Å². The summed E-state index contributed by atoms with van der Waals surface area (Å²) in [5.74, 6) is -0.723. The molecule has 0 spiro atoms. The van der Waals surface area contributed by atoms with E-state index in [0.717, 1.165) is 31.4 Å². The molecule has 8 heteroatoms.